The van der Waals surface area contributed by atoms with E-state index in [-0.39, 0.29) is 16.5 Å². The van der Waals surface area contributed by atoms with Crippen molar-refractivity contribution in [3.63, 3.8) is 0 Å². The van der Waals surface area contributed by atoms with Crippen LogP contribution in [0.1, 0.15) is 16.5 Å². The number of aromatic nitrogens is 1. The Morgan fingerprint density at radius 2 is 2.18 bits per heavy atom. The molecule has 1 unspecified atom stereocenters. The minimum absolute atomic E-state index is 0.112. The maximum atomic E-state index is 13.7. The summed E-state index contributed by atoms with van der Waals surface area (Å²) in [4.78, 5) is 4.40. The SMILES string of the molecule is OC(Cc1c(F)ccc(Br)c1F)c1cncs1. The van der Waals surface area contributed by atoms with Crippen molar-refractivity contribution in [2.24, 2.45) is 0 Å². The van der Waals surface area contributed by atoms with Crippen LogP contribution in [0.5, 0.6) is 0 Å². The van der Waals surface area contributed by atoms with Gasteiger partial charge in [0.15, 0.2) is 0 Å². The van der Waals surface area contributed by atoms with Crippen molar-refractivity contribution in [1.82, 2.24) is 4.98 Å². The van der Waals surface area contributed by atoms with Crippen molar-refractivity contribution in [2.75, 3.05) is 0 Å². The quantitative estimate of drug-likeness (QED) is 0.879. The van der Waals surface area contributed by atoms with Gasteiger partial charge >= 0.3 is 0 Å². The molecule has 2 nitrogen and oxygen atoms in total. The lowest BCUT2D eigenvalue weighted by molar-refractivity contribution is 0.179. The van der Waals surface area contributed by atoms with Gasteiger partial charge in [0.1, 0.15) is 11.6 Å². The predicted octanol–water partition coefficient (Wildman–Crippen LogP) is 3.46. The van der Waals surface area contributed by atoms with E-state index in [1.807, 2.05) is 0 Å². The van der Waals surface area contributed by atoms with Gasteiger partial charge in [-0.2, -0.15) is 0 Å². The van der Waals surface area contributed by atoms with E-state index < -0.39 is 17.7 Å². The second kappa shape index (κ2) is 5.20. The molecule has 0 spiro atoms. The summed E-state index contributed by atoms with van der Waals surface area (Å²) < 4.78 is 27.3. The van der Waals surface area contributed by atoms with Crippen molar-refractivity contribution in [3.8, 4) is 0 Å². The molecule has 90 valence electrons. The number of halogens is 3. The highest BCUT2D eigenvalue weighted by Crippen LogP contribution is 2.27. The Morgan fingerprint density at radius 3 is 2.82 bits per heavy atom. The standard InChI is InChI=1S/C11H8BrF2NOS/c12-7-1-2-8(13)6(11(7)14)3-9(16)10-4-15-5-17-10/h1-2,4-5,9,16H,3H2. The molecular formula is C11H8BrF2NOS. The molecule has 0 bridgehead atoms. The van der Waals surface area contributed by atoms with Crippen LogP contribution in [0.25, 0.3) is 0 Å². The smallest absolute Gasteiger partial charge is 0.143 e. The zero-order valence-corrected chi connectivity index (χ0v) is 10.9. The van der Waals surface area contributed by atoms with E-state index in [1.54, 1.807) is 5.51 Å². The van der Waals surface area contributed by atoms with Gasteiger partial charge in [0.25, 0.3) is 0 Å². The highest BCUT2D eigenvalue weighted by atomic mass is 79.9. The average Bonchev–Trinajstić information content (AvgIpc) is 2.83. The molecule has 0 saturated heterocycles. The summed E-state index contributed by atoms with van der Waals surface area (Å²) in [7, 11) is 0. The van der Waals surface area contributed by atoms with Crippen LogP contribution in [0.4, 0.5) is 8.78 Å². The summed E-state index contributed by atoms with van der Waals surface area (Å²) in [6.07, 6.45) is 0.434. The van der Waals surface area contributed by atoms with E-state index in [0.29, 0.717) is 4.88 Å². The second-order valence-corrected chi connectivity index (χ2v) is 5.22. The van der Waals surface area contributed by atoms with Crippen LogP contribution in [0.3, 0.4) is 0 Å². The van der Waals surface area contributed by atoms with Crippen molar-refractivity contribution >= 4 is 27.3 Å². The van der Waals surface area contributed by atoms with E-state index >= 15 is 0 Å². The van der Waals surface area contributed by atoms with Crippen molar-refractivity contribution in [3.05, 3.63) is 50.4 Å². The summed E-state index contributed by atoms with van der Waals surface area (Å²) >= 11 is 4.23. The largest absolute Gasteiger partial charge is 0.387 e. The molecule has 1 heterocycles. The molecule has 6 heteroatoms. The Morgan fingerprint density at radius 1 is 1.41 bits per heavy atom. The fourth-order valence-electron chi connectivity index (χ4n) is 1.44. The molecule has 17 heavy (non-hydrogen) atoms. The fraction of sp³-hybridized carbons (Fsp3) is 0.182. The lowest BCUT2D eigenvalue weighted by Gasteiger charge is -2.10. The molecule has 0 aliphatic carbocycles. The van der Waals surface area contributed by atoms with Crippen LogP contribution in [-0.4, -0.2) is 10.1 Å². The molecule has 0 radical (unpaired) electrons. The highest BCUT2D eigenvalue weighted by Gasteiger charge is 2.18. The number of rotatable bonds is 3. The Balaban J connectivity index is 2.27. The van der Waals surface area contributed by atoms with Crippen molar-refractivity contribution in [1.29, 1.82) is 0 Å². The van der Waals surface area contributed by atoms with Gasteiger partial charge in [-0.3, -0.25) is 4.98 Å². The van der Waals surface area contributed by atoms with Gasteiger partial charge in [-0.1, -0.05) is 0 Å². The number of aliphatic hydroxyl groups is 1. The van der Waals surface area contributed by atoms with Gasteiger partial charge in [-0.05, 0) is 28.1 Å². The number of aliphatic hydroxyl groups excluding tert-OH is 1. The lowest BCUT2D eigenvalue weighted by atomic mass is 10.1. The van der Waals surface area contributed by atoms with Crippen LogP contribution in [-0.2, 0) is 6.42 Å². The fourth-order valence-corrected chi connectivity index (χ4v) is 2.42. The summed E-state index contributed by atoms with van der Waals surface area (Å²) in [5.74, 6) is -1.33. The molecule has 2 rings (SSSR count). The summed E-state index contributed by atoms with van der Waals surface area (Å²) in [6, 6.07) is 2.47. The maximum Gasteiger partial charge on any atom is 0.143 e. The van der Waals surface area contributed by atoms with Crippen LogP contribution in [0.15, 0.2) is 28.3 Å². The first-order valence-electron chi connectivity index (χ1n) is 4.78. The maximum absolute atomic E-state index is 13.7. The van der Waals surface area contributed by atoms with Gasteiger partial charge in [0.2, 0.25) is 0 Å². The first kappa shape index (κ1) is 12.6. The first-order valence-corrected chi connectivity index (χ1v) is 6.45. The van der Waals surface area contributed by atoms with E-state index in [4.69, 9.17) is 0 Å². The third-order valence-corrected chi connectivity index (χ3v) is 3.81. The van der Waals surface area contributed by atoms with Gasteiger partial charge in [-0.25, -0.2) is 8.78 Å². The van der Waals surface area contributed by atoms with Crippen LogP contribution >= 0.6 is 27.3 Å². The molecule has 1 aromatic carbocycles. The lowest BCUT2D eigenvalue weighted by Crippen LogP contribution is -2.05. The normalized spacial score (nSPS) is 12.7. The molecule has 0 amide bonds. The molecule has 2 aromatic rings. The Hall–Kier alpha value is -0.850. The van der Waals surface area contributed by atoms with E-state index in [1.165, 1.54) is 29.7 Å². The number of hydrogen-bond acceptors (Lipinski definition) is 3. The zero-order chi connectivity index (χ0) is 12.4. The first-order chi connectivity index (χ1) is 8.09. The third-order valence-electron chi connectivity index (χ3n) is 2.32. The van der Waals surface area contributed by atoms with Crippen LogP contribution in [0, 0.1) is 11.6 Å². The predicted molar refractivity (Wildman–Crippen MR) is 64.8 cm³/mol. The van der Waals surface area contributed by atoms with Crippen LogP contribution in [0.2, 0.25) is 0 Å². The summed E-state index contributed by atoms with van der Waals surface area (Å²) in [6.45, 7) is 0. The van der Waals surface area contributed by atoms with Gasteiger partial charge in [0.05, 0.1) is 21.0 Å². The van der Waals surface area contributed by atoms with Crippen LogP contribution < -0.4 is 0 Å². The molecular weight excluding hydrogens is 312 g/mol. The average molecular weight is 320 g/mol. The van der Waals surface area contributed by atoms with E-state index in [9.17, 15) is 13.9 Å². The molecule has 0 saturated carbocycles. The van der Waals surface area contributed by atoms with Gasteiger partial charge < -0.3 is 5.11 Å². The van der Waals surface area contributed by atoms with Gasteiger partial charge in [-0.15, -0.1) is 11.3 Å². The number of hydrogen-bond donors (Lipinski definition) is 1. The summed E-state index contributed by atoms with van der Waals surface area (Å²) in [5.41, 5.74) is 1.44. The minimum Gasteiger partial charge on any atom is -0.387 e. The minimum atomic E-state index is -0.944. The van der Waals surface area contributed by atoms with Gasteiger partial charge in [0, 0.05) is 18.2 Å². The number of nitrogens with zero attached hydrogens (tertiary/aromatic N) is 1. The molecule has 1 N–H and O–H groups in total. The third kappa shape index (κ3) is 2.70. The zero-order valence-electron chi connectivity index (χ0n) is 8.53. The molecule has 0 fully saturated rings. The van der Waals surface area contributed by atoms with E-state index in [0.717, 1.165) is 0 Å². The molecule has 1 atom stereocenters. The Kier molecular flexibility index (Phi) is 3.86. The Bertz CT molecular complexity index is 518. The van der Waals surface area contributed by atoms with Crippen molar-refractivity contribution < 1.29 is 13.9 Å². The second-order valence-electron chi connectivity index (χ2n) is 3.45. The molecule has 1 aromatic heterocycles. The number of benzene rings is 1. The molecule has 0 aliphatic rings. The van der Waals surface area contributed by atoms with Crippen molar-refractivity contribution in [2.45, 2.75) is 12.5 Å². The highest BCUT2D eigenvalue weighted by molar-refractivity contribution is 9.10. The Labute approximate surface area is 109 Å². The van der Waals surface area contributed by atoms with E-state index in [2.05, 4.69) is 20.9 Å². The monoisotopic (exact) mass is 319 g/mol. The topological polar surface area (TPSA) is 33.1 Å². The summed E-state index contributed by atoms with van der Waals surface area (Å²) in [5, 5.41) is 9.82. The molecule has 0 aliphatic heterocycles. The number of thiazole rings is 1.